The van der Waals surface area contributed by atoms with E-state index < -0.39 is 20.6 Å². The van der Waals surface area contributed by atoms with E-state index in [2.05, 4.69) is 10.1 Å². The van der Waals surface area contributed by atoms with E-state index in [1.54, 1.807) is 0 Å². The molecule has 1 unspecified atom stereocenters. The van der Waals surface area contributed by atoms with Gasteiger partial charge in [0.2, 0.25) is 10.0 Å². The smallest absolute Gasteiger partial charge is 0.291 e. The molecule has 0 bridgehead atoms. The van der Waals surface area contributed by atoms with Crippen LogP contribution in [0.5, 0.6) is 0 Å². The Morgan fingerprint density at radius 1 is 1.48 bits per heavy atom. The number of nitro benzene ring substituents is 1. The number of nitrogen functional groups attached to an aromatic ring is 1. The number of hydrazine groups is 1. The molecule has 0 saturated carbocycles. The number of sulfonamides is 1. The number of thioether (sulfide) groups is 1. The number of anilines is 1. The number of hydrogen-bond acceptors (Lipinski definition) is 7. The average molecular weight is 334 g/mol. The van der Waals surface area contributed by atoms with Crippen LogP contribution in [-0.2, 0) is 10.0 Å². The number of nitrogens with two attached hydrogens (primary N) is 1. The second kappa shape index (κ2) is 7.59. The molecule has 0 spiro atoms. The van der Waals surface area contributed by atoms with Gasteiger partial charge in [0.15, 0.2) is 4.90 Å². The quantitative estimate of drug-likeness (QED) is 0.371. The molecular weight excluding hydrogens is 316 g/mol. The summed E-state index contributed by atoms with van der Waals surface area (Å²) in [6, 6.07) is 3.35. The van der Waals surface area contributed by atoms with E-state index in [-0.39, 0.29) is 16.6 Å². The number of hydrogen-bond donors (Lipinski definition) is 3. The molecule has 4 N–H and O–H groups in total. The van der Waals surface area contributed by atoms with Crippen molar-refractivity contribution in [2.75, 3.05) is 17.4 Å². The van der Waals surface area contributed by atoms with Crippen molar-refractivity contribution < 1.29 is 13.3 Å². The average Bonchev–Trinajstić information content (AvgIpc) is 2.45. The Balaban J connectivity index is 3.21. The van der Waals surface area contributed by atoms with E-state index in [1.807, 2.05) is 13.2 Å². The monoisotopic (exact) mass is 334 g/mol. The largest absolute Gasteiger partial charge is 0.324 e. The molecule has 1 rings (SSSR count). The first-order valence-electron chi connectivity index (χ1n) is 6.12. The second-order valence-electron chi connectivity index (χ2n) is 4.27. The lowest BCUT2D eigenvalue weighted by Crippen LogP contribution is -2.36. The van der Waals surface area contributed by atoms with Crippen LogP contribution in [-0.4, -0.2) is 31.4 Å². The van der Waals surface area contributed by atoms with Gasteiger partial charge < -0.3 is 5.43 Å². The topological polar surface area (TPSA) is 127 Å². The van der Waals surface area contributed by atoms with E-state index >= 15 is 0 Å². The van der Waals surface area contributed by atoms with Crippen molar-refractivity contribution in [3.8, 4) is 0 Å². The van der Waals surface area contributed by atoms with Gasteiger partial charge >= 0.3 is 0 Å². The number of rotatable bonds is 8. The van der Waals surface area contributed by atoms with E-state index in [9.17, 15) is 18.5 Å². The maximum absolute atomic E-state index is 12.3. The highest BCUT2D eigenvalue weighted by Crippen LogP contribution is 2.27. The van der Waals surface area contributed by atoms with Crippen LogP contribution in [0.2, 0.25) is 0 Å². The van der Waals surface area contributed by atoms with Crippen LogP contribution >= 0.6 is 11.8 Å². The van der Waals surface area contributed by atoms with Crippen molar-refractivity contribution in [1.29, 1.82) is 0 Å². The Hall–Kier alpha value is -1.36. The van der Waals surface area contributed by atoms with Crippen molar-refractivity contribution in [2.45, 2.75) is 24.3 Å². The highest BCUT2D eigenvalue weighted by atomic mass is 32.2. The third-order valence-corrected chi connectivity index (χ3v) is 5.10. The molecule has 118 valence electrons. The third kappa shape index (κ3) is 4.56. The van der Waals surface area contributed by atoms with E-state index in [1.165, 1.54) is 23.9 Å². The van der Waals surface area contributed by atoms with Gasteiger partial charge in [-0.05, 0) is 24.8 Å². The molecule has 0 aliphatic rings. The molecule has 21 heavy (non-hydrogen) atoms. The fourth-order valence-corrected chi connectivity index (χ4v) is 4.00. The molecule has 0 radical (unpaired) electrons. The van der Waals surface area contributed by atoms with Gasteiger partial charge in [-0.2, -0.15) is 11.8 Å². The summed E-state index contributed by atoms with van der Waals surface area (Å²) in [6.07, 6.45) is 2.46. The molecule has 0 fully saturated rings. The zero-order valence-corrected chi connectivity index (χ0v) is 13.3. The number of nitrogens with zero attached hydrogens (tertiary/aromatic N) is 1. The van der Waals surface area contributed by atoms with Crippen LogP contribution in [0.3, 0.4) is 0 Å². The minimum Gasteiger partial charge on any atom is -0.324 e. The molecule has 0 amide bonds. The Morgan fingerprint density at radius 3 is 2.62 bits per heavy atom. The standard InChI is InChI=1S/C11H18N4O4S2/c1-3-8(7-20-2)14-21(18,19)11-5-4-9(13-12)6-10(11)15(16)17/h4-6,8,13-14H,3,7,12H2,1-2H3. The normalized spacial score (nSPS) is 12.9. The van der Waals surface area contributed by atoms with Gasteiger partial charge in [0, 0.05) is 17.9 Å². The molecule has 1 aromatic carbocycles. The minimum absolute atomic E-state index is 0.261. The molecule has 0 aromatic heterocycles. The van der Waals surface area contributed by atoms with Crippen LogP contribution in [0.4, 0.5) is 11.4 Å². The third-order valence-electron chi connectivity index (χ3n) is 2.79. The first kappa shape index (κ1) is 17.7. The van der Waals surface area contributed by atoms with Gasteiger partial charge in [-0.25, -0.2) is 13.1 Å². The van der Waals surface area contributed by atoms with Crippen molar-refractivity contribution in [2.24, 2.45) is 5.84 Å². The van der Waals surface area contributed by atoms with Crippen LogP contribution in [0.1, 0.15) is 13.3 Å². The summed E-state index contributed by atoms with van der Waals surface area (Å²) >= 11 is 1.50. The lowest BCUT2D eigenvalue weighted by molar-refractivity contribution is -0.387. The molecule has 0 saturated heterocycles. The van der Waals surface area contributed by atoms with E-state index in [4.69, 9.17) is 5.84 Å². The maximum atomic E-state index is 12.3. The van der Waals surface area contributed by atoms with Gasteiger partial charge in [0.05, 0.1) is 10.6 Å². The summed E-state index contributed by atoms with van der Waals surface area (Å²) < 4.78 is 27.1. The summed E-state index contributed by atoms with van der Waals surface area (Å²) in [6.45, 7) is 1.85. The van der Waals surface area contributed by atoms with Crippen molar-refractivity contribution in [1.82, 2.24) is 4.72 Å². The highest BCUT2D eigenvalue weighted by molar-refractivity contribution is 7.98. The van der Waals surface area contributed by atoms with Crippen molar-refractivity contribution >= 4 is 33.2 Å². The van der Waals surface area contributed by atoms with Crippen LogP contribution in [0.25, 0.3) is 0 Å². The summed E-state index contributed by atoms with van der Waals surface area (Å²) in [5.74, 6) is 5.77. The number of benzene rings is 1. The second-order valence-corrected chi connectivity index (χ2v) is 6.86. The van der Waals surface area contributed by atoms with Crippen LogP contribution in [0, 0.1) is 10.1 Å². The Bertz CT molecular complexity index is 606. The van der Waals surface area contributed by atoms with Crippen LogP contribution < -0.4 is 16.0 Å². The zero-order valence-electron chi connectivity index (χ0n) is 11.7. The number of nitrogens with one attached hydrogen (secondary N) is 2. The van der Waals surface area contributed by atoms with Crippen molar-refractivity contribution in [3.05, 3.63) is 28.3 Å². The van der Waals surface area contributed by atoms with Crippen molar-refractivity contribution in [3.63, 3.8) is 0 Å². The van der Waals surface area contributed by atoms with Gasteiger partial charge in [0.1, 0.15) is 0 Å². The maximum Gasteiger partial charge on any atom is 0.291 e. The van der Waals surface area contributed by atoms with Crippen LogP contribution in [0.15, 0.2) is 23.1 Å². The summed E-state index contributed by atoms with van der Waals surface area (Å²) in [5, 5.41) is 11.1. The first-order chi connectivity index (χ1) is 9.85. The zero-order chi connectivity index (χ0) is 16.0. The molecule has 1 atom stereocenters. The predicted octanol–water partition coefficient (Wildman–Crippen LogP) is 1.30. The lowest BCUT2D eigenvalue weighted by atomic mass is 10.3. The first-order valence-corrected chi connectivity index (χ1v) is 8.99. The Labute approximate surface area is 127 Å². The summed E-state index contributed by atoms with van der Waals surface area (Å²) in [4.78, 5) is 9.94. The Kier molecular flexibility index (Phi) is 6.40. The van der Waals surface area contributed by atoms with Gasteiger partial charge in [-0.3, -0.25) is 16.0 Å². The molecule has 10 heteroatoms. The summed E-state index contributed by atoms with van der Waals surface area (Å²) in [5.41, 5.74) is 1.99. The molecule has 1 aromatic rings. The van der Waals surface area contributed by atoms with E-state index in [0.29, 0.717) is 12.2 Å². The highest BCUT2D eigenvalue weighted by Gasteiger charge is 2.27. The fraction of sp³-hybridized carbons (Fsp3) is 0.455. The van der Waals surface area contributed by atoms with Gasteiger partial charge in [0.25, 0.3) is 5.69 Å². The molecule has 8 nitrogen and oxygen atoms in total. The molecule has 0 aliphatic carbocycles. The summed E-state index contributed by atoms with van der Waals surface area (Å²) in [7, 11) is -3.97. The molecule has 0 heterocycles. The predicted molar refractivity (Wildman–Crippen MR) is 83.7 cm³/mol. The van der Waals surface area contributed by atoms with Gasteiger partial charge in [-0.1, -0.05) is 6.92 Å². The minimum atomic E-state index is -3.97. The lowest BCUT2D eigenvalue weighted by Gasteiger charge is -2.16. The van der Waals surface area contributed by atoms with Gasteiger partial charge in [-0.15, -0.1) is 0 Å². The fourth-order valence-electron chi connectivity index (χ4n) is 1.70. The Morgan fingerprint density at radius 2 is 2.14 bits per heavy atom. The molecular formula is C11H18N4O4S2. The number of nitro groups is 1. The van der Waals surface area contributed by atoms with E-state index in [0.717, 1.165) is 6.07 Å². The molecule has 0 aliphatic heterocycles. The SMILES string of the molecule is CCC(CSC)NS(=O)(=O)c1ccc(NN)cc1[N+](=O)[O-].